The average Bonchev–Trinajstić information content (AvgIpc) is 1.91. The molecule has 1 heterocycles. The first-order chi connectivity index (χ1) is 3.30. The Bertz CT molecular complexity index is 142. The van der Waals surface area contributed by atoms with Crippen molar-refractivity contribution in [2.24, 2.45) is 0 Å². The summed E-state index contributed by atoms with van der Waals surface area (Å²) in [6.07, 6.45) is 1.48. The SMILES string of the molecule is [3H]c1cn[nH]c1C. The quantitative estimate of drug-likeness (QED) is 0.493. The molecule has 1 aromatic rings. The highest BCUT2D eigenvalue weighted by Gasteiger charge is 1.73. The summed E-state index contributed by atoms with van der Waals surface area (Å²) < 4.78 is 7.01. The highest BCUT2D eigenvalue weighted by Crippen LogP contribution is 1.82. The second-order valence-electron chi connectivity index (χ2n) is 1.14. The van der Waals surface area contributed by atoms with Gasteiger partial charge in [0.1, 0.15) is 0 Å². The molecule has 32 valence electrons. The molecule has 1 rings (SSSR count). The lowest BCUT2D eigenvalue weighted by Crippen LogP contribution is -1.65. The van der Waals surface area contributed by atoms with E-state index in [1.54, 1.807) is 0 Å². The summed E-state index contributed by atoms with van der Waals surface area (Å²) in [5.74, 6) is 0. The van der Waals surface area contributed by atoms with E-state index >= 15 is 0 Å². The number of aromatic nitrogens is 2. The van der Waals surface area contributed by atoms with E-state index in [2.05, 4.69) is 10.2 Å². The third kappa shape index (κ3) is 0.407. The topological polar surface area (TPSA) is 28.7 Å². The molecule has 0 unspecified atom stereocenters. The van der Waals surface area contributed by atoms with Gasteiger partial charge in [-0.3, -0.25) is 5.10 Å². The van der Waals surface area contributed by atoms with Gasteiger partial charge < -0.3 is 0 Å². The van der Waals surface area contributed by atoms with Crippen molar-refractivity contribution < 1.29 is 1.37 Å². The Labute approximate surface area is 37.6 Å². The van der Waals surface area contributed by atoms with E-state index in [4.69, 9.17) is 1.37 Å². The molecule has 0 radical (unpaired) electrons. The summed E-state index contributed by atoms with van der Waals surface area (Å²) in [6, 6.07) is 0.472. The van der Waals surface area contributed by atoms with Crippen LogP contribution in [0.2, 0.25) is 0 Å². The normalized spacial score (nSPS) is 11.2. The minimum absolute atomic E-state index is 0.472. The molecule has 0 fully saturated rings. The summed E-state index contributed by atoms with van der Waals surface area (Å²) in [6.45, 7) is 1.81. The number of hydrogen-bond acceptors (Lipinski definition) is 1. The Morgan fingerprint density at radius 1 is 2.17 bits per heavy atom. The fourth-order valence-corrected chi connectivity index (χ4v) is 0.290. The van der Waals surface area contributed by atoms with Gasteiger partial charge in [0.15, 0.2) is 0 Å². The lowest BCUT2D eigenvalue weighted by molar-refractivity contribution is 1.05. The van der Waals surface area contributed by atoms with Crippen LogP contribution in [0.4, 0.5) is 0 Å². The minimum Gasteiger partial charge on any atom is -0.283 e. The molecule has 2 heteroatoms. The van der Waals surface area contributed by atoms with Crippen LogP contribution in [-0.2, 0) is 0 Å². The monoisotopic (exact) mass is 84.1 g/mol. The zero-order valence-electron chi connectivity index (χ0n) is 4.52. The standard InChI is InChI=1S/C4H6N2/c1-4-2-3-5-6-4/h2-3H,1H3,(H,5,6)/i2T. The van der Waals surface area contributed by atoms with Crippen molar-refractivity contribution in [1.82, 2.24) is 10.2 Å². The number of rotatable bonds is 0. The minimum atomic E-state index is 0.472. The zero-order chi connectivity index (χ0) is 5.28. The van der Waals surface area contributed by atoms with Gasteiger partial charge in [-0.2, -0.15) is 5.10 Å². The van der Waals surface area contributed by atoms with Crippen molar-refractivity contribution in [3.05, 3.63) is 17.9 Å². The summed E-state index contributed by atoms with van der Waals surface area (Å²) in [4.78, 5) is 0. The van der Waals surface area contributed by atoms with Gasteiger partial charge in [-0.15, -0.1) is 0 Å². The van der Waals surface area contributed by atoms with Crippen LogP contribution in [0.3, 0.4) is 0 Å². The second kappa shape index (κ2) is 1.12. The highest BCUT2D eigenvalue weighted by molar-refractivity contribution is 4.91. The van der Waals surface area contributed by atoms with E-state index in [-0.39, 0.29) is 0 Å². The number of H-pyrrole nitrogens is 1. The molecule has 1 aromatic heterocycles. The van der Waals surface area contributed by atoms with Gasteiger partial charge in [0.25, 0.3) is 0 Å². The maximum Gasteiger partial charge on any atom is 0.0659 e. The zero-order valence-corrected chi connectivity index (χ0v) is 3.52. The second-order valence-corrected chi connectivity index (χ2v) is 1.14. The third-order valence-corrected chi connectivity index (χ3v) is 0.578. The molecular formula is C4H6N2. The van der Waals surface area contributed by atoms with Crippen LogP contribution >= 0.6 is 0 Å². The van der Waals surface area contributed by atoms with Crippen molar-refractivity contribution in [2.75, 3.05) is 0 Å². The van der Waals surface area contributed by atoms with Crippen molar-refractivity contribution >= 4 is 0 Å². The number of aryl methyl sites for hydroxylation is 1. The van der Waals surface area contributed by atoms with E-state index in [1.807, 2.05) is 6.92 Å². The summed E-state index contributed by atoms with van der Waals surface area (Å²) in [5, 5.41) is 6.24. The van der Waals surface area contributed by atoms with Crippen LogP contribution in [0.1, 0.15) is 7.06 Å². The van der Waals surface area contributed by atoms with Gasteiger partial charge in [0.05, 0.1) is 1.37 Å². The van der Waals surface area contributed by atoms with E-state index in [0.717, 1.165) is 5.69 Å². The molecule has 0 aliphatic carbocycles. The maximum absolute atomic E-state index is 7.01. The Morgan fingerprint density at radius 2 is 3.00 bits per heavy atom. The van der Waals surface area contributed by atoms with Gasteiger partial charge in [-0.05, 0) is 13.0 Å². The molecule has 0 atom stereocenters. The Hall–Kier alpha value is -0.790. The fourth-order valence-electron chi connectivity index (χ4n) is 0.290. The van der Waals surface area contributed by atoms with Gasteiger partial charge in [-0.25, -0.2) is 0 Å². The Morgan fingerprint density at radius 3 is 3.17 bits per heavy atom. The largest absolute Gasteiger partial charge is 0.283 e. The highest BCUT2D eigenvalue weighted by atomic mass is 15.1. The predicted molar refractivity (Wildman–Crippen MR) is 23.3 cm³/mol. The van der Waals surface area contributed by atoms with Gasteiger partial charge in [0, 0.05) is 11.9 Å². The van der Waals surface area contributed by atoms with Crippen LogP contribution < -0.4 is 0 Å². The van der Waals surface area contributed by atoms with Crippen molar-refractivity contribution in [3.63, 3.8) is 0 Å². The van der Waals surface area contributed by atoms with Crippen LogP contribution in [0.15, 0.2) is 12.2 Å². The molecular weight excluding hydrogens is 76.1 g/mol. The summed E-state index contributed by atoms with van der Waals surface area (Å²) >= 11 is 0. The molecule has 0 amide bonds. The van der Waals surface area contributed by atoms with Crippen LogP contribution in [0.5, 0.6) is 0 Å². The molecule has 1 N–H and O–H groups in total. The molecule has 0 aliphatic heterocycles. The number of nitrogens with zero attached hydrogens (tertiary/aromatic N) is 1. The molecule has 2 nitrogen and oxygen atoms in total. The first kappa shape index (κ1) is 2.39. The Balaban J connectivity index is 3.12. The van der Waals surface area contributed by atoms with Crippen LogP contribution in [0, 0.1) is 6.92 Å². The van der Waals surface area contributed by atoms with Gasteiger partial charge >= 0.3 is 0 Å². The molecule has 0 saturated heterocycles. The Kier molecular flexibility index (Phi) is 0.449. The van der Waals surface area contributed by atoms with E-state index < -0.39 is 0 Å². The van der Waals surface area contributed by atoms with Crippen LogP contribution in [0.25, 0.3) is 0 Å². The molecule has 0 saturated carbocycles. The molecule has 0 spiro atoms. The number of hydrogen-bond donors (Lipinski definition) is 1. The van der Waals surface area contributed by atoms with Gasteiger partial charge in [-0.1, -0.05) is 0 Å². The molecule has 6 heavy (non-hydrogen) atoms. The fraction of sp³-hybridized carbons (Fsp3) is 0.250. The van der Waals surface area contributed by atoms with E-state index in [0.29, 0.717) is 6.04 Å². The average molecular weight is 84.1 g/mol. The van der Waals surface area contributed by atoms with E-state index in [1.165, 1.54) is 6.20 Å². The smallest absolute Gasteiger partial charge is 0.0659 e. The first-order valence-electron chi connectivity index (χ1n) is 2.27. The van der Waals surface area contributed by atoms with Crippen LogP contribution in [-0.4, -0.2) is 10.2 Å². The van der Waals surface area contributed by atoms with E-state index in [9.17, 15) is 0 Å². The van der Waals surface area contributed by atoms with Crippen molar-refractivity contribution in [3.8, 4) is 0 Å². The number of aromatic amines is 1. The maximum atomic E-state index is 7.01. The third-order valence-electron chi connectivity index (χ3n) is 0.578. The molecule has 0 aliphatic rings. The molecule has 0 bridgehead atoms. The first-order valence-corrected chi connectivity index (χ1v) is 1.77. The lowest BCUT2D eigenvalue weighted by Gasteiger charge is -1.68. The predicted octanol–water partition coefficient (Wildman–Crippen LogP) is 0.718. The summed E-state index contributed by atoms with van der Waals surface area (Å²) in [7, 11) is 0. The molecule has 0 aromatic carbocycles. The van der Waals surface area contributed by atoms with Gasteiger partial charge in [0.2, 0.25) is 0 Å². The van der Waals surface area contributed by atoms with Crippen molar-refractivity contribution in [2.45, 2.75) is 6.92 Å². The van der Waals surface area contributed by atoms with Crippen molar-refractivity contribution in [1.29, 1.82) is 0 Å². The lowest BCUT2D eigenvalue weighted by atomic mass is 10.5. The number of nitrogens with one attached hydrogen (secondary N) is 1. The summed E-state index contributed by atoms with van der Waals surface area (Å²) in [5.41, 5.74) is 0.819.